The number of rotatable bonds is 4. The monoisotopic (exact) mass is 280 g/mol. The number of methoxy groups -OCH3 is 1. The van der Waals surface area contributed by atoms with Crippen molar-refractivity contribution in [2.75, 3.05) is 25.6 Å². The Morgan fingerprint density at radius 2 is 2.00 bits per heavy atom. The quantitative estimate of drug-likeness (QED) is 0.762. The Labute approximate surface area is 115 Å². The van der Waals surface area contributed by atoms with Crippen LogP contribution in [0, 0.1) is 5.92 Å². The maximum Gasteiger partial charge on any atom is 0.319 e. The van der Waals surface area contributed by atoms with E-state index in [2.05, 4.69) is 10.6 Å². The minimum Gasteiger partial charge on any atom is -0.497 e. The second-order valence-corrected chi connectivity index (χ2v) is 4.42. The number of carboxylic acids is 1. The van der Waals surface area contributed by atoms with Crippen molar-refractivity contribution in [2.45, 2.75) is 6.04 Å². The molecule has 0 saturated carbocycles. The Hall–Kier alpha value is -2.28. The second kappa shape index (κ2) is 6.25. The number of hydrogen-bond acceptors (Lipinski definition) is 4. The van der Waals surface area contributed by atoms with Gasteiger partial charge in [0, 0.05) is 5.69 Å². The molecule has 1 aliphatic heterocycles. The van der Waals surface area contributed by atoms with Gasteiger partial charge in [0.15, 0.2) is 0 Å². The van der Waals surface area contributed by atoms with Gasteiger partial charge in [-0.05, 0) is 24.3 Å². The zero-order valence-corrected chi connectivity index (χ0v) is 11.0. The van der Waals surface area contributed by atoms with E-state index in [1.54, 1.807) is 31.4 Å². The molecule has 0 bridgehead atoms. The van der Waals surface area contributed by atoms with Crippen LogP contribution in [0.3, 0.4) is 0 Å². The summed E-state index contributed by atoms with van der Waals surface area (Å²) < 4.78 is 10.1. The van der Waals surface area contributed by atoms with Crippen molar-refractivity contribution in [1.29, 1.82) is 0 Å². The number of anilines is 1. The number of nitrogens with one attached hydrogen (secondary N) is 2. The van der Waals surface area contributed by atoms with E-state index in [4.69, 9.17) is 14.6 Å². The fourth-order valence-electron chi connectivity index (χ4n) is 1.95. The molecule has 2 unspecified atom stereocenters. The third kappa shape index (κ3) is 3.39. The van der Waals surface area contributed by atoms with Gasteiger partial charge in [-0.2, -0.15) is 0 Å². The van der Waals surface area contributed by atoms with Crippen molar-refractivity contribution < 1.29 is 24.2 Å². The summed E-state index contributed by atoms with van der Waals surface area (Å²) in [6.45, 7) is 0.315. The summed E-state index contributed by atoms with van der Waals surface area (Å²) in [5.41, 5.74) is 0.592. The van der Waals surface area contributed by atoms with E-state index >= 15 is 0 Å². The number of hydrogen-bond donors (Lipinski definition) is 3. The molecule has 2 amide bonds. The van der Waals surface area contributed by atoms with E-state index < -0.39 is 24.0 Å². The fourth-order valence-corrected chi connectivity index (χ4v) is 1.95. The smallest absolute Gasteiger partial charge is 0.319 e. The second-order valence-electron chi connectivity index (χ2n) is 4.42. The van der Waals surface area contributed by atoms with Crippen LogP contribution < -0.4 is 15.4 Å². The molecular formula is C13H16N2O5. The highest BCUT2D eigenvalue weighted by molar-refractivity contribution is 5.90. The zero-order chi connectivity index (χ0) is 14.5. The van der Waals surface area contributed by atoms with Crippen LogP contribution in [0.2, 0.25) is 0 Å². The Kier molecular flexibility index (Phi) is 4.41. The van der Waals surface area contributed by atoms with Gasteiger partial charge in [-0.25, -0.2) is 4.79 Å². The van der Waals surface area contributed by atoms with Crippen molar-refractivity contribution in [3.05, 3.63) is 24.3 Å². The summed E-state index contributed by atoms with van der Waals surface area (Å²) in [4.78, 5) is 22.7. The Balaban J connectivity index is 1.90. The average Bonchev–Trinajstić information content (AvgIpc) is 2.87. The van der Waals surface area contributed by atoms with Gasteiger partial charge in [0.1, 0.15) is 11.7 Å². The molecule has 7 heteroatoms. The molecule has 0 spiro atoms. The van der Waals surface area contributed by atoms with Crippen molar-refractivity contribution in [2.24, 2.45) is 5.92 Å². The van der Waals surface area contributed by atoms with Gasteiger partial charge < -0.3 is 25.2 Å². The van der Waals surface area contributed by atoms with Crippen LogP contribution in [0.25, 0.3) is 0 Å². The molecule has 1 heterocycles. The summed E-state index contributed by atoms with van der Waals surface area (Å²) in [5, 5.41) is 14.2. The molecule has 0 aromatic heterocycles. The molecule has 1 aromatic rings. The summed E-state index contributed by atoms with van der Waals surface area (Å²) >= 11 is 0. The number of carboxylic acid groups (broad SMARTS) is 1. The highest BCUT2D eigenvalue weighted by atomic mass is 16.5. The zero-order valence-electron chi connectivity index (χ0n) is 11.0. The molecule has 0 aliphatic carbocycles. The van der Waals surface area contributed by atoms with Crippen LogP contribution in [-0.2, 0) is 9.53 Å². The maximum atomic E-state index is 11.8. The highest BCUT2D eigenvalue weighted by Gasteiger charge is 2.35. The first-order valence-corrected chi connectivity index (χ1v) is 6.12. The van der Waals surface area contributed by atoms with Gasteiger partial charge in [0.2, 0.25) is 0 Å². The number of ether oxygens (including phenoxy) is 2. The van der Waals surface area contributed by atoms with Crippen LogP contribution in [-0.4, -0.2) is 43.5 Å². The van der Waals surface area contributed by atoms with E-state index in [-0.39, 0.29) is 13.2 Å². The minimum absolute atomic E-state index is 0.114. The topological polar surface area (TPSA) is 96.9 Å². The normalized spacial score (nSPS) is 21.2. The van der Waals surface area contributed by atoms with Gasteiger partial charge in [-0.15, -0.1) is 0 Å². The van der Waals surface area contributed by atoms with Crippen LogP contribution in [0.1, 0.15) is 0 Å². The molecule has 3 N–H and O–H groups in total. The third-order valence-corrected chi connectivity index (χ3v) is 3.06. The van der Waals surface area contributed by atoms with Gasteiger partial charge in [-0.1, -0.05) is 0 Å². The molecule has 2 atom stereocenters. The van der Waals surface area contributed by atoms with Crippen molar-refractivity contribution in [3.63, 3.8) is 0 Å². The SMILES string of the molecule is COc1ccc(NC(=O)NC2COCC2C(=O)O)cc1. The van der Waals surface area contributed by atoms with Crippen LogP contribution in [0.4, 0.5) is 10.5 Å². The summed E-state index contributed by atoms with van der Waals surface area (Å²) in [5.74, 6) is -1.00. The molecular weight excluding hydrogens is 264 g/mol. The molecule has 1 fully saturated rings. The minimum atomic E-state index is -0.975. The highest BCUT2D eigenvalue weighted by Crippen LogP contribution is 2.16. The van der Waals surface area contributed by atoms with Gasteiger partial charge in [-0.3, -0.25) is 4.79 Å². The van der Waals surface area contributed by atoms with Gasteiger partial charge in [0.05, 0.1) is 26.4 Å². The molecule has 1 saturated heterocycles. The molecule has 7 nitrogen and oxygen atoms in total. The fraction of sp³-hybridized carbons (Fsp3) is 0.385. The van der Waals surface area contributed by atoms with Crippen molar-refractivity contribution >= 4 is 17.7 Å². The molecule has 1 aromatic carbocycles. The van der Waals surface area contributed by atoms with Gasteiger partial charge in [0.25, 0.3) is 0 Å². The van der Waals surface area contributed by atoms with E-state index in [9.17, 15) is 9.59 Å². The Bertz CT molecular complexity index is 488. The third-order valence-electron chi connectivity index (χ3n) is 3.06. The largest absolute Gasteiger partial charge is 0.497 e. The van der Waals surface area contributed by atoms with E-state index in [1.807, 2.05) is 0 Å². The number of urea groups is 1. The maximum absolute atomic E-state index is 11.8. The number of amides is 2. The Morgan fingerprint density at radius 1 is 1.30 bits per heavy atom. The standard InChI is InChI=1S/C13H16N2O5/c1-19-9-4-2-8(3-5-9)14-13(18)15-11-7-20-6-10(11)12(16)17/h2-5,10-11H,6-7H2,1H3,(H,16,17)(H2,14,15,18). The Morgan fingerprint density at radius 3 is 2.60 bits per heavy atom. The van der Waals surface area contributed by atoms with Crippen LogP contribution >= 0.6 is 0 Å². The predicted octanol–water partition coefficient (Wildman–Crippen LogP) is 0.916. The number of carbonyl (C=O) groups is 2. The van der Waals surface area contributed by atoms with Crippen molar-refractivity contribution in [1.82, 2.24) is 5.32 Å². The molecule has 20 heavy (non-hydrogen) atoms. The first kappa shape index (κ1) is 14.1. The molecule has 108 valence electrons. The number of carbonyl (C=O) groups excluding carboxylic acids is 1. The summed E-state index contributed by atoms with van der Waals surface area (Å²) in [7, 11) is 1.56. The predicted molar refractivity (Wildman–Crippen MR) is 70.9 cm³/mol. The van der Waals surface area contributed by atoms with E-state index in [1.165, 1.54) is 0 Å². The van der Waals surface area contributed by atoms with Crippen LogP contribution in [0.15, 0.2) is 24.3 Å². The molecule has 2 rings (SSSR count). The number of aliphatic carboxylic acids is 1. The lowest BCUT2D eigenvalue weighted by atomic mass is 10.0. The van der Waals surface area contributed by atoms with Crippen molar-refractivity contribution in [3.8, 4) is 5.75 Å². The number of benzene rings is 1. The van der Waals surface area contributed by atoms with E-state index in [0.29, 0.717) is 11.4 Å². The average molecular weight is 280 g/mol. The first-order chi connectivity index (χ1) is 9.60. The molecule has 1 aliphatic rings. The first-order valence-electron chi connectivity index (χ1n) is 6.12. The lowest BCUT2D eigenvalue weighted by Crippen LogP contribution is -2.44. The lowest BCUT2D eigenvalue weighted by molar-refractivity contribution is -0.142. The lowest BCUT2D eigenvalue weighted by Gasteiger charge is -2.16. The van der Waals surface area contributed by atoms with Gasteiger partial charge >= 0.3 is 12.0 Å². The van der Waals surface area contributed by atoms with E-state index in [0.717, 1.165) is 0 Å². The summed E-state index contributed by atoms with van der Waals surface area (Å²) in [6.07, 6.45) is 0. The van der Waals surface area contributed by atoms with Crippen LogP contribution in [0.5, 0.6) is 5.75 Å². The molecule has 0 radical (unpaired) electrons. The summed E-state index contributed by atoms with van der Waals surface area (Å²) in [6, 6.07) is 5.83.